The summed E-state index contributed by atoms with van der Waals surface area (Å²) in [5.74, 6) is 0.193. The van der Waals surface area contributed by atoms with E-state index in [4.69, 9.17) is 4.74 Å². The van der Waals surface area contributed by atoms with Crippen LogP contribution in [0, 0.1) is 11.7 Å². The van der Waals surface area contributed by atoms with E-state index in [2.05, 4.69) is 5.32 Å². The van der Waals surface area contributed by atoms with Crippen molar-refractivity contribution in [3.63, 3.8) is 0 Å². The van der Waals surface area contributed by atoms with Crippen LogP contribution in [0.1, 0.15) is 48.9 Å². The van der Waals surface area contributed by atoms with Gasteiger partial charge in [-0.25, -0.2) is 4.39 Å². The number of halogens is 2. The molecule has 3 rings (SSSR count). The molecule has 1 saturated carbocycles. The molecule has 2 fully saturated rings. The number of Topliss-reactive ketones (excluding diaryl/α,β-unsaturated/α-hetero) is 1. The highest BCUT2D eigenvalue weighted by Gasteiger charge is 2.26. The fourth-order valence-corrected chi connectivity index (χ4v) is 3.35. The van der Waals surface area contributed by atoms with Crippen LogP contribution in [0.3, 0.4) is 0 Å². The van der Waals surface area contributed by atoms with Gasteiger partial charge in [-0.2, -0.15) is 0 Å². The summed E-state index contributed by atoms with van der Waals surface area (Å²) in [6, 6.07) is 4.64. The number of hydrogen-bond donors (Lipinski definition) is 1. The van der Waals surface area contributed by atoms with Gasteiger partial charge in [-0.1, -0.05) is 0 Å². The van der Waals surface area contributed by atoms with Crippen LogP contribution < -0.4 is 10.1 Å². The quantitative estimate of drug-likeness (QED) is 0.683. The summed E-state index contributed by atoms with van der Waals surface area (Å²) < 4.78 is 18.5. The van der Waals surface area contributed by atoms with E-state index < -0.39 is 5.82 Å². The summed E-state index contributed by atoms with van der Waals surface area (Å²) in [7, 11) is 1.38. The van der Waals surface area contributed by atoms with Crippen LogP contribution in [0.4, 0.5) is 4.39 Å². The second kappa shape index (κ2) is 10.0. The lowest BCUT2D eigenvalue weighted by Crippen LogP contribution is -2.45. The molecule has 27 heavy (non-hydrogen) atoms. The van der Waals surface area contributed by atoms with Gasteiger partial charge in [0.05, 0.1) is 7.11 Å². The molecular formula is C20H28ClFN2O3. The normalized spacial score (nSPS) is 17.3. The topological polar surface area (TPSA) is 58.6 Å². The SMILES string of the molecule is COc1ccc(C(=O)CCC(=O)N2CCC(NCC3CC3)CC2)cc1F.Cl. The molecule has 0 unspecified atom stereocenters. The Labute approximate surface area is 166 Å². The Hall–Kier alpha value is -1.66. The number of rotatable bonds is 8. The molecule has 1 N–H and O–H groups in total. The van der Waals surface area contributed by atoms with Gasteiger partial charge in [-0.05, 0) is 56.3 Å². The summed E-state index contributed by atoms with van der Waals surface area (Å²) in [5, 5.41) is 3.59. The van der Waals surface area contributed by atoms with Crippen molar-refractivity contribution in [2.24, 2.45) is 5.92 Å². The van der Waals surface area contributed by atoms with Gasteiger partial charge in [0.2, 0.25) is 5.91 Å². The Balaban J connectivity index is 0.00000261. The summed E-state index contributed by atoms with van der Waals surface area (Å²) in [5.41, 5.74) is 0.277. The molecule has 0 atom stereocenters. The third-order valence-electron chi connectivity index (χ3n) is 5.28. The van der Waals surface area contributed by atoms with Gasteiger partial charge >= 0.3 is 0 Å². The van der Waals surface area contributed by atoms with E-state index in [1.807, 2.05) is 4.90 Å². The van der Waals surface area contributed by atoms with Crippen molar-refractivity contribution in [2.45, 2.75) is 44.6 Å². The molecule has 150 valence electrons. The molecule has 7 heteroatoms. The zero-order valence-electron chi connectivity index (χ0n) is 15.7. The fourth-order valence-electron chi connectivity index (χ4n) is 3.35. The molecule has 5 nitrogen and oxygen atoms in total. The van der Waals surface area contributed by atoms with E-state index >= 15 is 0 Å². The van der Waals surface area contributed by atoms with Crippen molar-refractivity contribution in [1.82, 2.24) is 10.2 Å². The van der Waals surface area contributed by atoms with Gasteiger partial charge in [0.1, 0.15) is 0 Å². The van der Waals surface area contributed by atoms with Gasteiger partial charge in [-0.15, -0.1) is 12.4 Å². The molecule has 1 heterocycles. The molecule has 1 aliphatic heterocycles. The molecule has 2 aliphatic rings. The van der Waals surface area contributed by atoms with Gasteiger partial charge in [0.15, 0.2) is 17.3 Å². The van der Waals surface area contributed by atoms with E-state index in [-0.39, 0.29) is 48.3 Å². The number of benzene rings is 1. The number of ether oxygens (including phenoxy) is 1. The molecule has 0 spiro atoms. The van der Waals surface area contributed by atoms with E-state index in [0.29, 0.717) is 6.04 Å². The first-order valence-corrected chi connectivity index (χ1v) is 9.44. The van der Waals surface area contributed by atoms with Crippen LogP contribution in [0.25, 0.3) is 0 Å². The first kappa shape index (κ1) is 21.6. The van der Waals surface area contributed by atoms with Crippen LogP contribution in [0.15, 0.2) is 18.2 Å². The Kier molecular flexibility index (Phi) is 8.05. The average molecular weight is 399 g/mol. The lowest BCUT2D eigenvalue weighted by molar-refractivity contribution is -0.132. The molecule has 1 aromatic carbocycles. The number of amides is 1. The minimum atomic E-state index is -0.564. The van der Waals surface area contributed by atoms with Crippen LogP contribution in [-0.2, 0) is 4.79 Å². The van der Waals surface area contributed by atoms with E-state index in [1.165, 1.54) is 38.2 Å². The first-order valence-electron chi connectivity index (χ1n) is 9.44. The molecule has 0 radical (unpaired) electrons. The maximum absolute atomic E-state index is 13.7. The molecule has 0 aromatic heterocycles. The molecule has 1 aliphatic carbocycles. The smallest absolute Gasteiger partial charge is 0.223 e. The Morgan fingerprint density at radius 2 is 1.89 bits per heavy atom. The standard InChI is InChI=1S/C20H27FN2O3.ClH/c1-26-19-6-4-15(12-17(19)21)18(24)5-7-20(25)23-10-8-16(9-11-23)22-13-14-2-3-14;/h4,6,12,14,16,22H,2-3,5,7-11,13H2,1H3;1H. The van der Waals surface area contributed by atoms with Crippen LogP contribution in [0.5, 0.6) is 5.75 Å². The summed E-state index contributed by atoms with van der Waals surface area (Å²) in [6.45, 7) is 2.59. The zero-order valence-corrected chi connectivity index (χ0v) is 16.5. The van der Waals surface area contributed by atoms with Crippen molar-refractivity contribution < 1.29 is 18.7 Å². The molecular weight excluding hydrogens is 371 g/mol. The molecule has 1 aromatic rings. The van der Waals surface area contributed by atoms with Crippen molar-refractivity contribution in [3.8, 4) is 5.75 Å². The number of carbonyl (C=O) groups excluding carboxylic acids is 2. The van der Waals surface area contributed by atoms with E-state index in [0.717, 1.165) is 38.4 Å². The maximum Gasteiger partial charge on any atom is 0.223 e. The van der Waals surface area contributed by atoms with Gasteiger partial charge < -0.3 is 15.0 Å². The Morgan fingerprint density at radius 3 is 2.48 bits per heavy atom. The average Bonchev–Trinajstić information content (AvgIpc) is 3.49. The first-order chi connectivity index (χ1) is 12.6. The zero-order chi connectivity index (χ0) is 18.5. The number of ketones is 1. The van der Waals surface area contributed by atoms with Crippen molar-refractivity contribution in [3.05, 3.63) is 29.6 Å². The second-order valence-corrected chi connectivity index (χ2v) is 7.28. The summed E-state index contributed by atoms with van der Waals surface area (Å²) in [6.07, 6.45) is 4.90. The van der Waals surface area contributed by atoms with Gasteiger partial charge in [0, 0.05) is 37.5 Å². The third kappa shape index (κ3) is 6.18. The monoisotopic (exact) mass is 398 g/mol. The summed E-state index contributed by atoms with van der Waals surface area (Å²) in [4.78, 5) is 26.4. The highest BCUT2D eigenvalue weighted by Crippen LogP contribution is 2.28. The van der Waals surface area contributed by atoms with Crippen molar-refractivity contribution in [2.75, 3.05) is 26.7 Å². The predicted molar refractivity (Wildman–Crippen MR) is 104 cm³/mol. The molecule has 1 saturated heterocycles. The van der Waals surface area contributed by atoms with Crippen molar-refractivity contribution >= 4 is 24.1 Å². The lowest BCUT2D eigenvalue weighted by Gasteiger charge is -2.32. The highest BCUT2D eigenvalue weighted by molar-refractivity contribution is 5.98. The number of methoxy groups -OCH3 is 1. The number of nitrogens with one attached hydrogen (secondary N) is 1. The summed E-state index contributed by atoms with van der Waals surface area (Å²) >= 11 is 0. The Morgan fingerprint density at radius 1 is 1.19 bits per heavy atom. The predicted octanol–water partition coefficient (Wildman–Crippen LogP) is 3.21. The number of nitrogens with zero attached hydrogens (tertiary/aromatic N) is 1. The van der Waals surface area contributed by atoms with E-state index in [1.54, 1.807) is 0 Å². The number of likely N-dealkylation sites (tertiary alicyclic amines) is 1. The number of hydrogen-bond acceptors (Lipinski definition) is 4. The largest absolute Gasteiger partial charge is 0.494 e. The molecule has 1 amide bonds. The minimum Gasteiger partial charge on any atom is -0.494 e. The third-order valence-corrected chi connectivity index (χ3v) is 5.28. The lowest BCUT2D eigenvalue weighted by atomic mass is 10.0. The minimum absolute atomic E-state index is 0. The van der Waals surface area contributed by atoms with Crippen LogP contribution in [0.2, 0.25) is 0 Å². The highest BCUT2D eigenvalue weighted by atomic mass is 35.5. The fraction of sp³-hybridized carbons (Fsp3) is 0.600. The number of piperidine rings is 1. The Bertz CT molecular complexity index is 659. The molecule has 0 bridgehead atoms. The van der Waals surface area contributed by atoms with Crippen molar-refractivity contribution in [1.29, 1.82) is 0 Å². The second-order valence-electron chi connectivity index (χ2n) is 7.28. The van der Waals surface area contributed by atoms with Gasteiger partial charge in [0.25, 0.3) is 0 Å². The number of carbonyl (C=O) groups is 2. The van der Waals surface area contributed by atoms with Crippen LogP contribution in [-0.4, -0.2) is 49.4 Å². The van der Waals surface area contributed by atoms with E-state index in [9.17, 15) is 14.0 Å². The maximum atomic E-state index is 13.7. The van der Waals surface area contributed by atoms with Crippen LogP contribution >= 0.6 is 12.4 Å². The van der Waals surface area contributed by atoms with Gasteiger partial charge in [-0.3, -0.25) is 9.59 Å².